The summed E-state index contributed by atoms with van der Waals surface area (Å²) >= 11 is 0. The Balaban J connectivity index is 2.20. The van der Waals surface area contributed by atoms with E-state index in [1.54, 1.807) is 0 Å². The van der Waals surface area contributed by atoms with E-state index in [4.69, 9.17) is 0 Å². The first-order valence-corrected chi connectivity index (χ1v) is 5.86. The molecule has 1 unspecified atom stereocenters. The first kappa shape index (κ1) is 12.5. The monoisotopic (exact) mass is 212 g/mol. The van der Waals surface area contributed by atoms with Gasteiger partial charge in [0.25, 0.3) is 0 Å². The fourth-order valence-electron chi connectivity index (χ4n) is 1.83. The third-order valence-electron chi connectivity index (χ3n) is 2.93. The van der Waals surface area contributed by atoms with Crippen molar-refractivity contribution in [3.8, 4) is 0 Å². The molecule has 1 aliphatic rings. The number of nitrogens with one attached hydrogen (secondary N) is 1. The average molecular weight is 212 g/mol. The van der Waals surface area contributed by atoms with Crippen molar-refractivity contribution < 1.29 is 4.79 Å². The number of nitrogens with zero attached hydrogens (tertiary/aromatic N) is 1. The molecule has 1 N–H and O–H groups in total. The van der Waals surface area contributed by atoms with Crippen molar-refractivity contribution in [1.29, 1.82) is 0 Å². The Labute approximate surface area is 93.2 Å². The molecule has 0 saturated carbocycles. The van der Waals surface area contributed by atoms with Gasteiger partial charge in [0, 0.05) is 26.1 Å². The van der Waals surface area contributed by atoms with Gasteiger partial charge in [-0.15, -0.1) is 0 Å². The molecule has 1 amide bonds. The number of likely N-dealkylation sites (tertiary alicyclic amines) is 1. The van der Waals surface area contributed by atoms with Crippen molar-refractivity contribution in [2.45, 2.75) is 46.1 Å². The zero-order valence-electron chi connectivity index (χ0n) is 10.5. The molecule has 0 aromatic rings. The quantitative estimate of drug-likeness (QED) is 0.771. The highest BCUT2D eigenvalue weighted by Crippen LogP contribution is 2.17. The van der Waals surface area contributed by atoms with Crippen molar-refractivity contribution in [2.24, 2.45) is 5.41 Å². The number of hydrogen-bond acceptors (Lipinski definition) is 2. The lowest BCUT2D eigenvalue weighted by Crippen LogP contribution is -2.47. The lowest BCUT2D eigenvalue weighted by Gasteiger charge is -2.31. The van der Waals surface area contributed by atoms with Gasteiger partial charge in [-0.25, -0.2) is 0 Å². The molecule has 0 bridgehead atoms. The molecule has 1 saturated heterocycles. The van der Waals surface area contributed by atoms with Crippen LogP contribution in [0.4, 0.5) is 0 Å². The van der Waals surface area contributed by atoms with Gasteiger partial charge >= 0.3 is 0 Å². The molecule has 0 radical (unpaired) electrons. The van der Waals surface area contributed by atoms with E-state index >= 15 is 0 Å². The standard InChI is InChI=1S/C12H24N2O/c1-12(2,3)7-8-13-10-5-6-11(15)14(4)9-10/h10,13H,5-9H2,1-4H3. The number of carbonyl (C=O) groups excluding carboxylic acids is 1. The number of piperidine rings is 1. The molecule has 1 heterocycles. The molecule has 3 nitrogen and oxygen atoms in total. The smallest absolute Gasteiger partial charge is 0.222 e. The van der Waals surface area contributed by atoms with Crippen LogP contribution in [0.15, 0.2) is 0 Å². The molecule has 3 heteroatoms. The zero-order valence-corrected chi connectivity index (χ0v) is 10.5. The second-order valence-electron chi connectivity index (χ2n) is 5.77. The summed E-state index contributed by atoms with van der Waals surface area (Å²) in [5.41, 5.74) is 0.392. The van der Waals surface area contributed by atoms with Gasteiger partial charge < -0.3 is 10.2 Å². The first-order valence-electron chi connectivity index (χ1n) is 5.86. The molecule has 1 atom stereocenters. The minimum atomic E-state index is 0.281. The van der Waals surface area contributed by atoms with Crippen LogP contribution in [0.1, 0.15) is 40.0 Å². The summed E-state index contributed by atoms with van der Waals surface area (Å²) in [6.07, 6.45) is 2.87. The van der Waals surface area contributed by atoms with Crippen LogP contribution in [0.3, 0.4) is 0 Å². The van der Waals surface area contributed by atoms with Gasteiger partial charge in [0.1, 0.15) is 0 Å². The number of amides is 1. The van der Waals surface area contributed by atoms with Gasteiger partial charge in [-0.1, -0.05) is 20.8 Å². The first-order chi connectivity index (χ1) is 6.88. The number of rotatable bonds is 3. The van der Waals surface area contributed by atoms with Crippen molar-refractivity contribution in [3.63, 3.8) is 0 Å². The minimum absolute atomic E-state index is 0.281. The average Bonchev–Trinajstić information content (AvgIpc) is 2.09. The van der Waals surface area contributed by atoms with Crippen molar-refractivity contribution in [2.75, 3.05) is 20.1 Å². The lowest BCUT2D eigenvalue weighted by molar-refractivity contribution is -0.132. The molecule has 15 heavy (non-hydrogen) atoms. The summed E-state index contributed by atoms with van der Waals surface area (Å²) in [4.78, 5) is 13.1. The van der Waals surface area contributed by atoms with E-state index in [-0.39, 0.29) is 5.91 Å². The third-order valence-corrected chi connectivity index (χ3v) is 2.93. The van der Waals surface area contributed by atoms with E-state index in [0.29, 0.717) is 17.9 Å². The predicted octanol–water partition coefficient (Wildman–Crippen LogP) is 1.63. The highest BCUT2D eigenvalue weighted by molar-refractivity contribution is 5.76. The van der Waals surface area contributed by atoms with E-state index in [0.717, 1.165) is 19.5 Å². The Morgan fingerprint density at radius 1 is 1.47 bits per heavy atom. The zero-order chi connectivity index (χ0) is 11.5. The van der Waals surface area contributed by atoms with Gasteiger partial charge in [-0.2, -0.15) is 0 Å². The molecular formula is C12H24N2O. The van der Waals surface area contributed by atoms with Gasteiger partial charge in [-0.3, -0.25) is 4.79 Å². The van der Waals surface area contributed by atoms with Crippen LogP contribution in [0.25, 0.3) is 0 Å². The molecule has 1 rings (SSSR count). The van der Waals surface area contributed by atoms with Crippen LogP contribution in [0.2, 0.25) is 0 Å². The summed E-state index contributed by atoms with van der Waals surface area (Å²) in [5.74, 6) is 0.281. The number of likely N-dealkylation sites (N-methyl/N-ethyl adjacent to an activating group) is 1. The third kappa shape index (κ3) is 4.65. The maximum Gasteiger partial charge on any atom is 0.222 e. The van der Waals surface area contributed by atoms with Gasteiger partial charge in [0.05, 0.1) is 0 Å². The van der Waals surface area contributed by atoms with Crippen LogP contribution in [-0.2, 0) is 4.79 Å². The van der Waals surface area contributed by atoms with Gasteiger partial charge in [0.2, 0.25) is 5.91 Å². The molecule has 88 valence electrons. The molecule has 0 aromatic carbocycles. The van der Waals surface area contributed by atoms with Crippen molar-refractivity contribution in [3.05, 3.63) is 0 Å². The summed E-state index contributed by atoms with van der Waals surface area (Å²) in [7, 11) is 1.89. The summed E-state index contributed by atoms with van der Waals surface area (Å²) in [5, 5.41) is 3.54. The van der Waals surface area contributed by atoms with E-state index in [1.165, 1.54) is 6.42 Å². The fraction of sp³-hybridized carbons (Fsp3) is 0.917. The number of hydrogen-bond donors (Lipinski definition) is 1. The Bertz CT molecular complexity index is 220. The SMILES string of the molecule is CN1CC(NCCC(C)(C)C)CCC1=O. The minimum Gasteiger partial charge on any atom is -0.344 e. The van der Waals surface area contributed by atoms with E-state index in [2.05, 4.69) is 26.1 Å². The van der Waals surface area contributed by atoms with Gasteiger partial charge in [0.15, 0.2) is 0 Å². The molecular weight excluding hydrogens is 188 g/mol. The summed E-state index contributed by atoms with van der Waals surface area (Å²) in [6, 6.07) is 0.495. The van der Waals surface area contributed by atoms with Crippen molar-refractivity contribution >= 4 is 5.91 Å². The highest BCUT2D eigenvalue weighted by Gasteiger charge is 2.22. The molecule has 0 aliphatic carbocycles. The maximum atomic E-state index is 11.3. The van der Waals surface area contributed by atoms with E-state index in [1.807, 2.05) is 11.9 Å². The largest absolute Gasteiger partial charge is 0.344 e. The molecule has 1 fully saturated rings. The van der Waals surface area contributed by atoms with Gasteiger partial charge in [-0.05, 0) is 24.8 Å². The molecule has 0 spiro atoms. The van der Waals surface area contributed by atoms with Crippen molar-refractivity contribution in [1.82, 2.24) is 10.2 Å². The lowest BCUT2D eigenvalue weighted by atomic mass is 9.92. The topological polar surface area (TPSA) is 32.3 Å². The van der Waals surface area contributed by atoms with E-state index in [9.17, 15) is 4.79 Å². The second kappa shape index (κ2) is 4.97. The Hall–Kier alpha value is -0.570. The Morgan fingerprint density at radius 3 is 2.67 bits per heavy atom. The summed E-state index contributed by atoms with van der Waals surface area (Å²) in [6.45, 7) is 8.68. The van der Waals surface area contributed by atoms with E-state index < -0.39 is 0 Å². The Kier molecular flexibility index (Phi) is 4.14. The van der Waals surface area contributed by atoms with Crippen LogP contribution in [0, 0.1) is 5.41 Å². The number of carbonyl (C=O) groups is 1. The second-order valence-corrected chi connectivity index (χ2v) is 5.77. The molecule has 1 aliphatic heterocycles. The predicted molar refractivity (Wildman–Crippen MR) is 62.7 cm³/mol. The molecule has 0 aromatic heterocycles. The highest BCUT2D eigenvalue weighted by atomic mass is 16.2. The Morgan fingerprint density at radius 2 is 2.13 bits per heavy atom. The normalized spacial score (nSPS) is 23.3. The fourth-order valence-corrected chi connectivity index (χ4v) is 1.83. The van der Waals surface area contributed by atoms with Crippen LogP contribution >= 0.6 is 0 Å². The maximum absolute atomic E-state index is 11.3. The van der Waals surface area contributed by atoms with Crippen LogP contribution in [-0.4, -0.2) is 37.0 Å². The summed E-state index contributed by atoms with van der Waals surface area (Å²) < 4.78 is 0. The van der Waals surface area contributed by atoms with Crippen LogP contribution < -0.4 is 5.32 Å². The van der Waals surface area contributed by atoms with Crippen LogP contribution in [0.5, 0.6) is 0 Å².